The van der Waals surface area contributed by atoms with E-state index in [-0.39, 0.29) is 11.8 Å². The van der Waals surface area contributed by atoms with Crippen molar-refractivity contribution in [2.45, 2.75) is 45.8 Å². The van der Waals surface area contributed by atoms with Gasteiger partial charge in [0, 0.05) is 23.0 Å². The molecule has 1 aliphatic carbocycles. The van der Waals surface area contributed by atoms with Crippen molar-refractivity contribution in [2.24, 2.45) is 0 Å². The Kier molecular flexibility index (Phi) is 4.79. The summed E-state index contributed by atoms with van der Waals surface area (Å²) in [6, 6.07) is 11.0. The first-order chi connectivity index (χ1) is 11.9. The third-order valence-electron chi connectivity index (χ3n) is 4.21. The summed E-state index contributed by atoms with van der Waals surface area (Å²) < 4.78 is 7.38. The van der Waals surface area contributed by atoms with E-state index in [1.54, 1.807) is 35.9 Å². The fraction of sp³-hybridized carbons (Fsp3) is 0.368. The Hall–Kier alpha value is -2.76. The van der Waals surface area contributed by atoms with E-state index in [9.17, 15) is 9.59 Å². The second-order valence-electron chi connectivity index (χ2n) is 6.46. The Bertz CT molecular complexity index is 756. The van der Waals surface area contributed by atoms with Gasteiger partial charge in [-0.2, -0.15) is 0 Å². The number of aryl methyl sites for hydroxylation is 2. The van der Waals surface area contributed by atoms with Gasteiger partial charge in [-0.05, 0) is 70.0 Å². The van der Waals surface area contributed by atoms with Gasteiger partial charge in [-0.15, -0.1) is 0 Å². The molecular formula is C19H23N3O3. The van der Waals surface area contributed by atoms with E-state index in [4.69, 9.17) is 4.74 Å². The van der Waals surface area contributed by atoms with Crippen LogP contribution in [0.3, 0.4) is 0 Å². The van der Waals surface area contributed by atoms with Gasteiger partial charge in [-0.25, -0.2) is 0 Å². The molecule has 2 N–H and O–H groups in total. The lowest BCUT2D eigenvalue weighted by Crippen LogP contribution is -2.37. The molecule has 3 rings (SSSR count). The van der Waals surface area contributed by atoms with Gasteiger partial charge in [-0.3, -0.25) is 19.7 Å². The Morgan fingerprint density at radius 1 is 1.08 bits per heavy atom. The minimum atomic E-state index is -0.564. The molecular weight excluding hydrogens is 318 g/mol. The summed E-state index contributed by atoms with van der Waals surface area (Å²) in [4.78, 5) is 24.3. The number of nitrogens with one attached hydrogen (secondary N) is 2. The third-order valence-corrected chi connectivity index (χ3v) is 4.21. The Labute approximate surface area is 147 Å². The smallest absolute Gasteiger partial charge is 0.270 e. The number of nitrogens with zero attached hydrogens (tertiary/aromatic N) is 1. The van der Waals surface area contributed by atoms with Crippen molar-refractivity contribution in [3.05, 3.63) is 53.3 Å². The highest BCUT2D eigenvalue weighted by atomic mass is 16.5. The highest BCUT2D eigenvalue weighted by Gasteiger charge is 2.26. The largest absolute Gasteiger partial charge is 0.481 e. The Balaban J connectivity index is 1.59. The zero-order valence-electron chi connectivity index (χ0n) is 14.7. The fourth-order valence-electron chi connectivity index (χ4n) is 2.50. The minimum Gasteiger partial charge on any atom is -0.481 e. The highest BCUT2D eigenvalue weighted by Crippen LogP contribution is 2.19. The van der Waals surface area contributed by atoms with E-state index in [1.807, 2.05) is 26.0 Å². The molecule has 0 aliphatic heterocycles. The molecule has 2 amide bonds. The molecule has 25 heavy (non-hydrogen) atoms. The maximum absolute atomic E-state index is 12.3. The lowest BCUT2D eigenvalue weighted by molar-refractivity contribution is -0.127. The van der Waals surface area contributed by atoms with E-state index in [0.29, 0.717) is 17.4 Å². The van der Waals surface area contributed by atoms with Gasteiger partial charge >= 0.3 is 0 Å². The van der Waals surface area contributed by atoms with Crippen LogP contribution in [0, 0.1) is 13.8 Å². The maximum atomic E-state index is 12.3. The van der Waals surface area contributed by atoms with Crippen molar-refractivity contribution < 1.29 is 14.3 Å². The first-order valence-corrected chi connectivity index (χ1v) is 8.47. The number of hydrogen-bond donors (Lipinski definition) is 2. The predicted molar refractivity (Wildman–Crippen MR) is 95.3 cm³/mol. The van der Waals surface area contributed by atoms with Gasteiger partial charge in [0.2, 0.25) is 0 Å². The zero-order chi connectivity index (χ0) is 18.0. The lowest BCUT2D eigenvalue weighted by Gasteiger charge is -2.15. The molecule has 1 fully saturated rings. The predicted octanol–water partition coefficient (Wildman–Crippen LogP) is 2.53. The summed E-state index contributed by atoms with van der Waals surface area (Å²) in [6.07, 6.45) is 1.52. The number of hydrogen-bond acceptors (Lipinski definition) is 3. The molecule has 1 aromatic carbocycles. The van der Waals surface area contributed by atoms with Gasteiger partial charge in [0.15, 0.2) is 6.10 Å². The SMILES string of the molecule is Cc1ccc(C)n1NC(=O)c1ccc(O[C@@H](C)C(=O)NC2CC2)cc1. The minimum absolute atomic E-state index is 0.108. The first kappa shape index (κ1) is 17.1. The first-order valence-electron chi connectivity index (χ1n) is 8.47. The normalized spacial score (nSPS) is 14.7. The van der Waals surface area contributed by atoms with Crippen molar-refractivity contribution in [3.63, 3.8) is 0 Å². The summed E-state index contributed by atoms with van der Waals surface area (Å²) in [5.74, 6) is 0.250. The summed E-state index contributed by atoms with van der Waals surface area (Å²) in [7, 11) is 0. The van der Waals surface area contributed by atoms with E-state index in [1.165, 1.54) is 0 Å². The third kappa shape index (κ3) is 4.21. The van der Waals surface area contributed by atoms with Gasteiger partial charge < -0.3 is 10.1 Å². The summed E-state index contributed by atoms with van der Waals surface area (Å²) >= 11 is 0. The van der Waals surface area contributed by atoms with Gasteiger partial charge in [0.25, 0.3) is 11.8 Å². The number of amides is 2. The van der Waals surface area contributed by atoms with E-state index in [2.05, 4.69) is 10.7 Å². The molecule has 0 spiro atoms. The fourth-order valence-corrected chi connectivity index (χ4v) is 2.50. The van der Waals surface area contributed by atoms with Crippen LogP contribution in [0.15, 0.2) is 36.4 Å². The van der Waals surface area contributed by atoms with Crippen LogP contribution in [0.5, 0.6) is 5.75 Å². The Morgan fingerprint density at radius 3 is 2.24 bits per heavy atom. The summed E-state index contributed by atoms with van der Waals surface area (Å²) in [5, 5.41) is 2.91. The van der Waals surface area contributed by atoms with Crippen molar-refractivity contribution in [1.29, 1.82) is 0 Å². The highest BCUT2D eigenvalue weighted by molar-refractivity contribution is 6.00. The van der Waals surface area contributed by atoms with Crippen LogP contribution in [0.1, 0.15) is 41.5 Å². The number of rotatable bonds is 6. The molecule has 1 saturated carbocycles. The van der Waals surface area contributed by atoms with Crippen LogP contribution in [0.4, 0.5) is 0 Å². The van der Waals surface area contributed by atoms with Gasteiger partial charge in [0.1, 0.15) is 5.75 Å². The van der Waals surface area contributed by atoms with Crippen LogP contribution >= 0.6 is 0 Å². The Morgan fingerprint density at radius 2 is 1.68 bits per heavy atom. The molecule has 6 nitrogen and oxygen atoms in total. The average molecular weight is 341 g/mol. The van der Waals surface area contributed by atoms with Crippen LogP contribution in [0.25, 0.3) is 0 Å². The van der Waals surface area contributed by atoms with Crippen LogP contribution in [-0.2, 0) is 4.79 Å². The lowest BCUT2D eigenvalue weighted by atomic mass is 10.2. The zero-order valence-corrected chi connectivity index (χ0v) is 14.7. The molecule has 1 heterocycles. The molecule has 1 aromatic heterocycles. The number of carbonyl (C=O) groups is 2. The molecule has 2 aromatic rings. The van der Waals surface area contributed by atoms with E-state index >= 15 is 0 Å². The molecule has 1 aliphatic rings. The second kappa shape index (κ2) is 7.01. The maximum Gasteiger partial charge on any atom is 0.270 e. The number of aromatic nitrogens is 1. The molecule has 0 saturated heterocycles. The van der Waals surface area contributed by atoms with E-state index in [0.717, 1.165) is 24.2 Å². The molecule has 0 radical (unpaired) electrons. The molecule has 0 unspecified atom stereocenters. The number of benzene rings is 1. The standard InChI is InChI=1S/C19H23N3O3/c1-12-4-5-13(2)22(12)21-19(24)15-6-10-17(11-7-15)25-14(3)18(23)20-16-8-9-16/h4-7,10-11,14,16H,8-9H2,1-3H3,(H,20,23)(H,21,24)/t14-/m0/s1. The topological polar surface area (TPSA) is 72.4 Å². The molecule has 132 valence electrons. The monoisotopic (exact) mass is 341 g/mol. The number of carbonyl (C=O) groups excluding carboxylic acids is 2. The number of ether oxygens (including phenoxy) is 1. The van der Waals surface area contributed by atoms with Crippen LogP contribution in [0.2, 0.25) is 0 Å². The van der Waals surface area contributed by atoms with Crippen LogP contribution in [-0.4, -0.2) is 28.6 Å². The summed E-state index contributed by atoms with van der Waals surface area (Å²) in [6.45, 7) is 5.58. The average Bonchev–Trinajstić information content (AvgIpc) is 3.36. The van der Waals surface area contributed by atoms with E-state index < -0.39 is 6.10 Å². The van der Waals surface area contributed by atoms with Gasteiger partial charge in [0.05, 0.1) is 0 Å². The quantitative estimate of drug-likeness (QED) is 0.848. The van der Waals surface area contributed by atoms with Crippen molar-refractivity contribution in [3.8, 4) is 5.75 Å². The van der Waals surface area contributed by atoms with Gasteiger partial charge in [-0.1, -0.05) is 0 Å². The molecule has 1 atom stereocenters. The second-order valence-corrected chi connectivity index (χ2v) is 6.46. The molecule has 6 heteroatoms. The molecule has 0 bridgehead atoms. The van der Waals surface area contributed by atoms with Crippen molar-refractivity contribution in [2.75, 3.05) is 5.43 Å². The van der Waals surface area contributed by atoms with Crippen molar-refractivity contribution in [1.82, 2.24) is 9.99 Å². The van der Waals surface area contributed by atoms with Crippen molar-refractivity contribution >= 4 is 11.8 Å². The summed E-state index contributed by atoms with van der Waals surface area (Å²) in [5.41, 5.74) is 5.30. The van der Waals surface area contributed by atoms with Crippen LogP contribution < -0.4 is 15.5 Å².